The predicted molar refractivity (Wildman–Crippen MR) is 53.2 cm³/mol. The molecule has 1 aromatic carbocycles. The monoisotopic (exact) mass is 273 g/mol. The molecule has 19 heavy (non-hydrogen) atoms. The number of nitrogens with zero attached hydrogens (tertiary/aromatic N) is 3. The van der Waals surface area contributed by atoms with Crippen molar-refractivity contribution in [3.63, 3.8) is 0 Å². The molecule has 0 amide bonds. The van der Waals surface area contributed by atoms with Crippen LogP contribution in [0.15, 0.2) is 24.4 Å². The largest absolute Gasteiger partial charge is 0.435 e. The van der Waals surface area contributed by atoms with Gasteiger partial charge < -0.3 is 0 Å². The van der Waals surface area contributed by atoms with E-state index in [1.807, 2.05) is 0 Å². The Morgan fingerprint density at radius 1 is 1.16 bits per heavy atom. The highest BCUT2D eigenvalue weighted by Crippen LogP contribution is 2.28. The zero-order valence-electron chi connectivity index (χ0n) is 9.04. The summed E-state index contributed by atoms with van der Waals surface area (Å²) in [5.74, 6) is -2.35. The fourth-order valence-electron chi connectivity index (χ4n) is 1.45. The van der Waals surface area contributed by atoms with Crippen LogP contribution >= 0.6 is 0 Å². The quantitative estimate of drug-likeness (QED) is 0.749. The fraction of sp³-hybridized carbons (Fsp3) is 0.0909. The van der Waals surface area contributed by atoms with Gasteiger partial charge in [-0.3, -0.25) is 0 Å². The van der Waals surface area contributed by atoms with E-state index in [4.69, 9.17) is 5.26 Å². The van der Waals surface area contributed by atoms with Gasteiger partial charge in [-0.25, -0.2) is 13.5 Å². The minimum atomic E-state index is -4.70. The van der Waals surface area contributed by atoms with Gasteiger partial charge in [-0.2, -0.15) is 23.5 Å². The van der Waals surface area contributed by atoms with E-state index in [-0.39, 0.29) is 5.56 Å². The van der Waals surface area contributed by atoms with Crippen LogP contribution in [0.25, 0.3) is 5.69 Å². The van der Waals surface area contributed by atoms with Crippen LogP contribution in [-0.4, -0.2) is 9.78 Å². The highest BCUT2D eigenvalue weighted by Gasteiger charge is 2.34. The van der Waals surface area contributed by atoms with Gasteiger partial charge >= 0.3 is 6.18 Å². The molecule has 98 valence electrons. The number of aromatic nitrogens is 2. The van der Waals surface area contributed by atoms with Crippen LogP contribution in [0.2, 0.25) is 0 Å². The van der Waals surface area contributed by atoms with E-state index in [2.05, 4.69) is 5.10 Å². The number of hydrogen-bond acceptors (Lipinski definition) is 2. The highest BCUT2D eigenvalue weighted by molar-refractivity contribution is 5.42. The van der Waals surface area contributed by atoms with Gasteiger partial charge in [0.15, 0.2) is 17.3 Å². The molecule has 0 bridgehead atoms. The SMILES string of the molecule is N#Cc1cc(F)c(-n2ccc(C(F)(F)F)n2)c(F)c1. The topological polar surface area (TPSA) is 41.6 Å². The van der Waals surface area contributed by atoms with Gasteiger partial charge in [0.05, 0.1) is 11.6 Å². The van der Waals surface area contributed by atoms with Crippen LogP contribution in [0.5, 0.6) is 0 Å². The van der Waals surface area contributed by atoms with Gasteiger partial charge in [-0.15, -0.1) is 0 Å². The molecular weight excluding hydrogens is 269 g/mol. The van der Waals surface area contributed by atoms with E-state index in [0.717, 1.165) is 6.20 Å². The molecule has 1 heterocycles. The van der Waals surface area contributed by atoms with Gasteiger partial charge in [0.2, 0.25) is 0 Å². The summed E-state index contributed by atoms with van der Waals surface area (Å²) in [6.45, 7) is 0. The summed E-state index contributed by atoms with van der Waals surface area (Å²) in [7, 11) is 0. The van der Waals surface area contributed by atoms with E-state index < -0.39 is 29.2 Å². The van der Waals surface area contributed by atoms with Crippen molar-refractivity contribution in [3.8, 4) is 11.8 Å². The normalized spacial score (nSPS) is 11.4. The van der Waals surface area contributed by atoms with Gasteiger partial charge in [-0.1, -0.05) is 0 Å². The molecule has 3 nitrogen and oxygen atoms in total. The Hall–Kier alpha value is -2.43. The Bertz CT molecular complexity index is 643. The highest BCUT2D eigenvalue weighted by atomic mass is 19.4. The maximum absolute atomic E-state index is 13.6. The zero-order valence-corrected chi connectivity index (χ0v) is 9.04. The molecule has 0 saturated heterocycles. The number of halogens is 5. The second-order valence-electron chi connectivity index (χ2n) is 3.54. The maximum Gasteiger partial charge on any atom is 0.435 e. The second kappa shape index (κ2) is 4.35. The maximum atomic E-state index is 13.6. The van der Waals surface area contributed by atoms with E-state index in [1.54, 1.807) is 0 Å². The van der Waals surface area contributed by atoms with Crippen molar-refractivity contribution < 1.29 is 22.0 Å². The van der Waals surface area contributed by atoms with Crippen molar-refractivity contribution in [2.75, 3.05) is 0 Å². The summed E-state index contributed by atoms with van der Waals surface area (Å²) in [5, 5.41) is 11.6. The Labute approximate surface area is 103 Å². The van der Waals surface area contributed by atoms with Crippen molar-refractivity contribution in [2.45, 2.75) is 6.18 Å². The summed E-state index contributed by atoms with van der Waals surface area (Å²) >= 11 is 0. The molecule has 0 aliphatic heterocycles. The lowest BCUT2D eigenvalue weighted by molar-refractivity contribution is -0.141. The zero-order chi connectivity index (χ0) is 14.2. The van der Waals surface area contributed by atoms with Gasteiger partial charge in [0.1, 0.15) is 5.69 Å². The van der Waals surface area contributed by atoms with Crippen LogP contribution < -0.4 is 0 Å². The Morgan fingerprint density at radius 3 is 2.16 bits per heavy atom. The first-order valence-corrected chi connectivity index (χ1v) is 4.85. The van der Waals surface area contributed by atoms with Crippen molar-refractivity contribution in [2.24, 2.45) is 0 Å². The van der Waals surface area contributed by atoms with Crippen LogP contribution in [0.1, 0.15) is 11.3 Å². The molecule has 0 aliphatic carbocycles. The third kappa shape index (κ3) is 2.40. The van der Waals surface area contributed by atoms with Crippen molar-refractivity contribution in [3.05, 3.63) is 47.3 Å². The van der Waals surface area contributed by atoms with Crippen LogP contribution in [0.3, 0.4) is 0 Å². The smallest absolute Gasteiger partial charge is 0.234 e. The molecule has 0 radical (unpaired) electrons. The summed E-state index contributed by atoms with van der Waals surface area (Å²) in [6.07, 6.45) is -3.92. The molecular formula is C11H4F5N3. The summed E-state index contributed by atoms with van der Waals surface area (Å²) in [6, 6.07) is 3.55. The lowest BCUT2D eigenvalue weighted by atomic mass is 10.2. The standard InChI is InChI=1S/C11H4F5N3/c12-7-3-6(5-17)4-8(13)10(7)19-2-1-9(18-19)11(14,15)16/h1-4H. The number of nitriles is 1. The third-order valence-electron chi connectivity index (χ3n) is 2.25. The van der Waals surface area contributed by atoms with Crippen LogP contribution in [-0.2, 0) is 6.18 Å². The minimum Gasteiger partial charge on any atom is -0.234 e. The van der Waals surface area contributed by atoms with E-state index in [1.165, 1.54) is 6.07 Å². The lowest BCUT2D eigenvalue weighted by Crippen LogP contribution is -2.09. The molecule has 2 rings (SSSR count). The summed E-state index contributed by atoms with van der Waals surface area (Å²) in [4.78, 5) is 0. The third-order valence-corrected chi connectivity index (χ3v) is 2.25. The van der Waals surface area contributed by atoms with Gasteiger partial charge in [0, 0.05) is 6.20 Å². The predicted octanol–water partition coefficient (Wildman–Crippen LogP) is 3.04. The molecule has 0 N–H and O–H groups in total. The second-order valence-corrected chi connectivity index (χ2v) is 3.54. The van der Waals surface area contributed by atoms with Crippen LogP contribution in [0.4, 0.5) is 22.0 Å². The Balaban J connectivity index is 2.55. The molecule has 0 fully saturated rings. The molecule has 0 unspecified atom stereocenters. The average molecular weight is 273 g/mol. The Kier molecular flexibility index (Phi) is 2.98. The molecule has 0 atom stereocenters. The van der Waals surface area contributed by atoms with E-state index in [0.29, 0.717) is 22.9 Å². The summed E-state index contributed by atoms with van der Waals surface area (Å²) < 4.78 is 64.5. The minimum absolute atomic E-state index is 0.276. The van der Waals surface area contributed by atoms with Gasteiger partial charge in [0.25, 0.3) is 0 Å². The summed E-state index contributed by atoms with van der Waals surface area (Å²) in [5.41, 5.74) is -2.31. The van der Waals surface area contributed by atoms with E-state index in [9.17, 15) is 22.0 Å². The molecule has 0 spiro atoms. The van der Waals surface area contributed by atoms with Crippen molar-refractivity contribution in [1.82, 2.24) is 9.78 Å². The fourth-order valence-corrected chi connectivity index (χ4v) is 1.45. The lowest BCUT2D eigenvalue weighted by Gasteiger charge is -2.06. The van der Waals surface area contributed by atoms with Gasteiger partial charge in [-0.05, 0) is 18.2 Å². The average Bonchev–Trinajstić information content (AvgIpc) is 2.76. The number of hydrogen-bond donors (Lipinski definition) is 0. The Morgan fingerprint density at radius 2 is 1.74 bits per heavy atom. The van der Waals surface area contributed by atoms with Crippen molar-refractivity contribution >= 4 is 0 Å². The number of rotatable bonds is 1. The first-order valence-electron chi connectivity index (χ1n) is 4.85. The first-order chi connectivity index (χ1) is 8.82. The number of alkyl halides is 3. The molecule has 8 heteroatoms. The molecule has 2 aromatic rings. The van der Waals surface area contributed by atoms with Crippen LogP contribution in [0, 0.1) is 23.0 Å². The molecule has 0 aliphatic rings. The van der Waals surface area contributed by atoms with E-state index >= 15 is 0 Å². The van der Waals surface area contributed by atoms with Crippen molar-refractivity contribution in [1.29, 1.82) is 5.26 Å². The first kappa shape index (κ1) is 13.0. The molecule has 1 aromatic heterocycles. The number of benzene rings is 1. The molecule has 0 saturated carbocycles.